The van der Waals surface area contributed by atoms with Crippen LogP contribution in [0.25, 0.3) is 0 Å². The van der Waals surface area contributed by atoms with E-state index in [9.17, 15) is 0 Å². The van der Waals surface area contributed by atoms with Crippen molar-refractivity contribution in [2.75, 3.05) is 26.2 Å². The Labute approximate surface area is 63.4 Å². The van der Waals surface area contributed by atoms with Gasteiger partial charge in [0.05, 0.1) is 0 Å². The van der Waals surface area contributed by atoms with E-state index < -0.39 is 0 Å². The Morgan fingerprint density at radius 1 is 1.50 bits per heavy atom. The van der Waals surface area contributed by atoms with Crippen molar-refractivity contribution >= 4 is 0 Å². The van der Waals surface area contributed by atoms with Gasteiger partial charge in [0.2, 0.25) is 0 Å². The highest BCUT2D eigenvalue weighted by atomic mass is 15.1. The summed E-state index contributed by atoms with van der Waals surface area (Å²) < 4.78 is 0. The second-order valence-corrected chi connectivity index (χ2v) is 3.33. The molecular formula is C8H18N2. The molecule has 2 N–H and O–H groups in total. The van der Waals surface area contributed by atoms with Gasteiger partial charge in [-0.15, -0.1) is 0 Å². The van der Waals surface area contributed by atoms with E-state index in [1.807, 2.05) is 0 Å². The fraction of sp³-hybridized carbons (Fsp3) is 1.00. The Morgan fingerprint density at radius 3 is 2.50 bits per heavy atom. The molecule has 0 aliphatic carbocycles. The molecule has 1 aliphatic rings. The molecule has 2 atom stereocenters. The standard InChI is InChI=1S/C8H18N2/c1-3-10-5-7(2)8(4-9)6-10/h7-8H,3-6,9H2,1-2H3. The third-order valence-electron chi connectivity index (χ3n) is 2.59. The topological polar surface area (TPSA) is 29.3 Å². The Bertz CT molecular complexity index is 103. The average Bonchev–Trinajstić information content (AvgIpc) is 2.30. The van der Waals surface area contributed by atoms with Gasteiger partial charge >= 0.3 is 0 Å². The monoisotopic (exact) mass is 142 g/mol. The molecule has 0 saturated carbocycles. The van der Waals surface area contributed by atoms with E-state index in [4.69, 9.17) is 5.73 Å². The van der Waals surface area contributed by atoms with Gasteiger partial charge in [-0.05, 0) is 24.9 Å². The molecule has 2 nitrogen and oxygen atoms in total. The normalized spacial score (nSPS) is 35.1. The van der Waals surface area contributed by atoms with Gasteiger partial charge in [0.1, 0.15) is 0 Å². The summed E-state index contributed by atoms with van der Waals surface area (Å²) in [5.41, 5.74) is 5.61. The van der Waals surface area contributed by atoms with Crippen LogP contribution in [-0.2, 0) is 0 Å². The van der Waals surface area contributed by atoms with E-state index in [0.29, 0.717) is 0 Å². The van der Waals surface area contributed by atoms with Crippen LogP contribution in [0, 0.1) is 11.8 Å². The summed E-state index contributed by atoms with van der Waals surface area (Å²) in [5.74, 6) is 1.56. The SMILES string of the molecule is CCN1CC(C)C(CN)C1. The second-order valence-electron chi connectivity index (χ2n) is 3.33. The molecule has 0 amide bonds. The maximum absolute atomic E-state index is 5.61. The van der Waals surface area contributed by atoms with Crippen molar-refractivity contribution in [3.8, 4) is 0 Å². The maximum Gasteiger partial charge on any atom is 0.00247 e. The average molecular weight is 142 g/mol. The molecule has 0 aromatic carbocycles. The smallest absolute Gasteiger partial charge is 0.00247 e. The molecule has 0 radical (unpaired) electrons. The van der Waals surface area contributed by atoms with Crippen molar-refractivity contribution in [3.63, 3.8) is 0 Å². The van der Waals surface area contributed by atoms with Crippen LogP contribution in [0.3, 0.4) is 0 Å². The highest BCUT2D eigenvalue weighted by Crippen LogP contribution is 2.20. The first-order valence-electron chi connectivity index (χ1n) is 4.20. The van der Waals surface area contributed by atoms with Crippen LogP contribution in [0.15, 0.2) is 0 Å². The lowest BCUT2D eigenvalue weighted by Gasteiger charge is -2.10. The summed E-state index contributed by atoms with van der Waals surface area (Å²) in [6.45, 7) is 9.02. The molecule has 0 spiro atoms. The van der Waals surface area contributed by atoms with Gasteiger partial charge in [-0.3, -0.25) is 0 Å². The number of hydrogen-bond acceptors (Lipinski definition) is 2. The Hall–Kier alpha value is -0.0800. The number of likely N-dealkylation sites (tertiary alicyclic amines) is 1. The Balaban J connectivity index is 2.36. The van der Waals surface area contributed by atoms with Gasteiger partial charge in [-0.25, -0.2) is 0 Å². The largest absolute Gasteiger partial charge is 0.330 e. The lowest BCUT2D eigenvalue weighted by molar-refractivity contribution is 0.341. The van der Waals surface area contributed by atoms with E-state index in [-0.39, 0.29) is 0 Å². The van der Waals surface area contributed by atoms with Crippen LogP contribution in [0.4, 0.5) is 0 Å². The van der Waals surface area contributed by atoms with E-state index in [1.165, 1.54) is 19.6 Å². The highest BCUT2D eigenvalue weighted by molar-refractivity contribution is 4.80. The minimum Gasteiger partial charge on any atom is -0.330 e. The fourth-order valence-corrected chi connectivity index (χ4v) is 1.71. The van der Waals surface area contributed by atoms with Gasteiger partial charge in [-0.1, -0.05) is 13.8 Å². The molecular weight excluding hydrogens is 124 g/mol. The number of nitrogens with two attached hydrogens (primary N) is 1. The first kappa shape index (κ1) is 8.02. The lowest BCUT2D eigenvalue weighted by Crippen LogP contribution is -2.22. The first-order chi connectivity index (χ1) is 4.77. The van der Waals surface area contributed by atoms with Crippen molar-refractivity contribution < 1.29 is 0 Å². The molecule has 60 valence electrons. The third kappa shape index (κ3) is 1.50. The zero-order valence-corrected chi connectivity index (χ0v) is 7.01. The van der Waals surface area contributed by atoms with Crippen molar-refractivity contribution in [1.29, 1.82) is 0 Å². The predicted octanol–water partition coefficient (Wildman–Crippen LogP) is 0.533. The molecule has 1 fully saturated rings. The predicted molar refractivity (Wildman–Crippen MR) is 43.8 cm³/mol. The molecule has 1 heterocycles. The minimum absolute atomic E-state index is 0.750. The van der Waals surface area contributed by atoms with Crippen LogP contribution in [0.2, 0.25) is 0 Å². The molecule has 0 bridgehead atoms. The second kappa shape index (κ2) is 3.35. The zero-order valence-electron chi connectivity index (χ0n) is 7.01. The lowest BCUT2D eigenvalue weighted by atomic mass is 9.99. The quantitative estimate of drug-likeness (QED) is 0.609. The van der Waals surface area contributed by atoms with E-state index >= 15 is 0 Å². The summed E-state index contributed by atoms with van der Waals surface area (Å²) in [7, 11) is 0. The third-order valence-corrected chi connectivity index (χ3v) is 2.59. The van der Waals surface area contributed by atoms with Crippen LogP contribution >= 0.6 is 0 Å². The minimum atomic E-state index is 0.750. The highest BCUT2D eigenvalue weighted by Gasteiger charge is 2.26. The zero-order chi connectivity index (χ0) is 7.56. The van der Waals surface area contributed by atoms with E-state index in [2.05, 4.69) is 18.7 Å². The maximum atomic E-state index is 5.61. The Morgan fingerprint density at radius 2 is 2.20 bits per heavy atom. The Kier molecular flexibility index (Phi) is 2.69. The van der Waals surface area contributed by atoms with Gasteiger partial charge < -0.3 is 10.6 Å². The number of nitrogens with zero attached hydrogens (tertiary/aromatic N) is 1. The summed E-state index contributed by atoms with van der Waals surface area (Å²) in [6, 6.07) is 0. The molecule has 0 aromatic rings. The molecule has 1 aliphatic heterocycles. The van der Waals surface area contributed by atoms with E-state index in [0.717, 1.165) is 18.4 Å². The molecule has 1 saturated heterocycles. The number of rotatable bonds is 2. The molecule has 2 unspecified atom stereocenters. The van der Waals surface area contributed by atoms with Gasteiger partial charge in [-0.2, -0.15) is 0 Å². The van der Waals surface area contributed by atoms with Gasteiger partial charge in [0.25, 0.3) is 0 Å². The number of hydrogen-bond donors (Lipinski definition) is 1. The molecule has 2 heteroatoms. The van der Waals surface area contributed by atoms with Crippen molar-refractivity contribution in [3.05, 3.63) is 0 Å². The molecule has 0 aromatic heterocycles. The van der Waals surface area contributed by atoms with Crippen LogP contribution in [0.1, 0.15) is 13.8 Å². The molecule has 10 heavy (non-hydrogen) atoms. The van der Waals surface area contributed by atoms with Crippen molar-refractivity contribution in [1.82, 2.24) is 4.90 Å². The van der Waals surface area contributed by atoms with Crippen molar-refractivity contribution in [2.24, 2.45) is 17.6 Å². The summed E-state index contributed by atoms with van der Waals surface area (Å²) in [6.07, 6.45) is 0. The summed E-state index contributed by atoms with van der Waals surface area (Å²) in [5, 5.41) is 0. The fourth-order valence-electron chi connectivity index (χ4n) is 1.71. The van der Waals surface area contributed by atoms with Crippen molar-refractivity contribution in [2.45, 2.75) is 13.8 Å². The van der Waals surface area contributed by atoms with Crippen LogP contribution < -0.4 is 5.73 Å². The molecule has 1 rings (SSSR count). The van der Waals surface area contributed by atoms with E-state index in [1.54, 1.807) is 0 Å². The summed E-state index contributed by atoms with van der Waals surface area (Å²) in [4.78, 5) is 2.47. The van der Waals surface area contributed by atoms with Crippen LogP contribution in [0.5, 0.6) is 0 Å². The van der Waals surface area contributed by atoms with Gasteiger partial charge in [0.15, 0.2) is 0 Å². The van der Waals surface area contributed by atoms with Crippen LogP contribution in [-0.4, -0.2) is 31.1 Å². The van der Waals surface area contributed by atoms with Gasteiger partial charge in [0, 0.05) is 13.1 Å². The first-order valence-corrected chi connectivity index (χ1v) is 4.20. The summed E-state index contributed by atoms with van der Waals surface area (Å²) >= 11 is 0.